The first kappa shape index (κ1) is 20.7. The fourth-order valence-electron chi connectivity index (χ4n) is 3.82. The summed E-state index contributed by atoms with van der Waals surface area (Å²) in [7, 11) is 0. The molecule has 1 unspecified atom stereocenters. The Morgan fingerprint density at radius 2 is 1.88 bits per heavy atom. The molecule has 1 saturated heterocycles. The Labute approximate surface area is 162 Å². The van der Waals surface area contributed by atoms with Crippen molar-refractivity contribution in [3.8, 4) is 0 Å². The molecular weight excluding hydrogens is 350 g/mol. The van der Waals surface area contributed by atoms with Gasteiger partial charge >= 0.3 is 0 Å². The summed E-state index contributed by atoms with van der Waals surface area (Å²) in [4.78, 5) is 26.7. The predicted molar refractivity (Wildman–Crippen MR) is 105 cm³/mol. The minimum atomic E-state index is -0.399. The van der Waals surface area contributed by atoms with E-state index in [1.54, 1.807) is 0 Å². The molecule has 2 aliphatic rings. The summed E-state index contributed by atoms with van der Waals surface area (Å²) in [6.45, 7) is 2.79. The molecule has 1 aliphatic heterocycles. The molecule has 1 aliphatic carbocycles. The number of amides is 2. The first-order chi connectivity index (χ1) is 12.2. The van der Waals surface area contributed by atoms with Crippen LogP contribution in [0.25, 0.3) is 0 Å². The molecule has 0 spiro atoms. The van der Waals surface area contributed by atoms with Crippen molar-refractivity contribution in [1.29, 1.82) is 0 Å². The maximum absolute atomic E-state index is 12.7. The monoisotopic (exact) mass is 379 g/mol. The lowest BCUT2D eigenvalue weighted by atomic mass is 9.89. The molecule has 1 heterocycles. The van der Waals surface area contributed by atoms with Gasteiger partial charge in [0.25, 0.3) is 0 Å². The largest absolute Gasteiger partial charge is 0.356 e. The van der Waals surface area contributed by atoms with Crippen LogP contribution in [0.1, 0.15) is 44.1 Å². The Bertz CT molecular complexity index is 576. The standard InChI is InChI=1S/C20H29N3O2.ClH/c24-19(22-14-16-7-3-1-4-8-16)13-18-20(25)23(12-11-21-18)15-17-9-5-2-6-10-17;/h2,5-6,9-10,16,18,21H,1,3-4,7-8,11-15H2,(H,22,24);1H. The molecule has 2 amide bonds. The van der Waals surface area contributed by atoms with Crippen LogP contribution in [0.5, 0.6) is 0 Å². The second-order valence-corrected chi connectivity index (χ2v) is 7.26. The van der Waals surface area contributed by atoms with E-state index in [-0.39, 0.29) is 30.6 Å². The summed E-state index contributed by atoms with van der Waals surface area (Å²) in [5.74, 6) is 0.628. The van der Waals surface area contributed by atoms with Crippen LogP contribution in [0, 0.1) is 5.92 Å². The Balaban J connectivity index is 0.00000243. The third-order valence-electron chi connectivity index (χ3n) is 5.30. The minimum absolute atomic E-state index is 0. The molecule has 2 N–H and O–H groups in total. The molecular formula is C20H30ClN3O2. The molecule has 2 fully saturated rings. The number of nitrogens with one attached hydrogen (secondary N) is 2. The van der Waals surface area contributed by atoms with E-state index >= 15 is 0 Å². The van der Waals surface area contributed by atoms with Crippen molar-refractivity contribution in [3.05, 3.63) is 35.9 Å². The maximum Gasteiger partial charge on any atom is 0.240 e. The van der Waals surface area contributed by atoms with Crippen molar-refractivity contribution in [2.75, 3.05) is 19.6 Å². The van der Waals surface area contributed by atoms with Gasteiger partial charge in [0.05, 0.1) is 12.5 Å². The first-order valence-electron chi connectivity index (χ1n) is 9.55. The quantitative estimate of drug-likeness (QED) is 0.798. The van der Waals surface area contributed by atoms with Crippen LogP contribution in [0.3, 0.4) is 0 Å². The van der Waals surface area contributed by atoms with Gasteiger partial charge in [0.15, 0.2) is 0 Å². The van der Waals surface area contributed by atoms with E-state index in [4.69, 9.17) is 0 Å². The highest BCUT2D eigenvalue weighted by molar-refractivity contribution is 5.88. The average Bonchev–Trinajstić information content (AvgIpc) is 2.65. The van der Waals surface area contributed by atoms with E-state index in [0.717, 1.165) is 18.7 Å². The van der Waals surface area contributed by atoms with Gasteiger partial charge in [-0.3, -0.25) is 9.59 Å². The van der Waals surface area contributed by atoms with Crippen molar-refractivity contribution in [2.45, 2.75) is 51.1 Å². The topological polar surface area (TPSA) is 61.4 Å². The van der Waals surface area contributed by atoms with E-state index in [0.29, 0.717) is 19.0 Å². The van der Waals surface area contributed by atoms with Gasteiger partial charge in [-0.15, -0.1) is 12.4 Å². The number of hydrogen-bond acceptors (Lipinski definition) is 3. The SMILES string of the molecule is Cl.O=C(CC1NCCN(Cc2ccccc2)C1=O)NCC1CCCCC1. The summed E-state index contributed by atoms with van der Waals surface area (Å²) in [5.41, 5.74) is 1.12. The zero-order valence-electron chi connectivity index (χ0n) is 15.3. The summed E-state index contributed by atoms with van der Waals surface area (Å²) in [6, 6.07) is 9.60. The molecule has 5 nitrogen and oxygen atoms in total. The highest BCUT2D eigenvalue weighted by Gasteiger charge is 2.30. The average molecular weight is 380 g/mol. The summed E-state index contributed by atoms with van der Waals surface area (Å²) in [5, 5.41) is 6.24. The predicted octanol–water partition coefficient (Wildman–Crippen LogP) is 2.50. The normalized spacial score (nSPS) is 21.2. The van der Waals surface area contributed by atoms with Gasteiger partial charge in [-0.2, -0.15) is 0 Å². The van der Waals surface area contributed by atoms with Crippen LogP contribution in [0.2, 0.25) is 0 Å². The molecule has 0 aromatic heterocycles. The molecule has 0 bridgehead atoms. The third-order valence-corrected chi connectivity index (χ3v) is 5.30. The lowest BCUT2D eigenvalue weighted by Crippen LogP contribution is -2.55. The highest BCUT2D eigenvalue weighted by Crippen LogP contribution is 2.22. The van der Waals surface area contributed by atoms with Gasteiger partial charge in [0.1, 0.15) is 0 Å². The molecule has 1 aromatic carbocycles. The Morgan fingerprint density at radius 3 is 2.62 bits per heavy atom. The molecule has 3 rings (SSSR count). The van der Waals surface area contributed by atoms with Gasteiger partial charge in [-0.25, -0.2) is 0 Å². The fourth-order valence-corrected chi connectivity index (χ4v) is 3.82. The number of halogens is 1. The number of carbonyl (C=O) groups is 2. The molecule has 1 aromatic rings. The smallest absolute Gasteiger partial charge is 0.240 e. The van der Waals surface area contributed by atoms with Gasteiger partial charge in [0, 0.05) is 26.2 Å². The number of benzene rings is 1. The van der Waals surface area contributed by atoms with Gasteiger partial charge in [-0.05, 0) is 24.3 Å². The zero-order chi connectivity index (χ0) is 17.5. The second-order valence-electron chi connectivity index (χ2n) is 7.26. The molecule has 144 valence electrons. The number of hydrogen-bond donors (Lipinski definition) is 2. The van der Waals surface area contributed by atoms with Crippen LogP contribution < -0.4 is 10.6 Å². The number of nitrogens with zero attached hydrogens (tertiary/aromatic N) is 1. The summed E-state index contributed by atoms with van der Waals surface area (Å²) < 4.78 is 0. The summed E-state index contributed by atoms with van der Waals surface area (Å²) in [6.07, 6.45) is 6.53. The Morgan fingerprint density at radius 1 is 1.15 bits per heavy atom. The van der Waals surface area contributed by atoms with Gasteiger partial charge in [0.2, 0.25) is 11.8 Å². The minimum Gasteiger partial charge on any atom is -0.356 e. The third kappa shape index (κ3) is 5.99. The molecule has 6 heteroatoms. The van der Waals surface area contributed by atoms with Gasteiger partial charge in [-0.1, -0.05) is 49.6 Å². The fraction of sp³-hybridized carbons (Fsp3) is 0.600. The van der Waals surface area contributed by atoms with Crippen molar-refractivity contribution < 1.29 is 9.59 Å². The lowest BCUT2D eigenvalue weighted by molar-refractivity contribution is -0.138. The van der Waals surface area contributed by atoms with Crippen molar-refractivity contribution >= 4 is 24.2 Å². The van der Waals surface area contributed by atoms with Crippen LogP contribution >= 0.6 is 12.4 Å². The van der Waals surface area contributed by atoms with Gasteiger partial charge < -0.3 is 15.5 Å². The van der Waals surface area contributed by atoms with E-state index < -0.39 is 6.04 Å². The van der Waals surface area contributed by atoms with E-state index in [9.17, 15) is 9.59 Å². The van der Waals surface area contributed by atoms with Crippen LogP contribution in [0.15, 0.2) is 30.3 Å². The number of piperazine rings is 1. The molecule has 26 heavy (non-hydrogen) atoms. The lowest BCUT2D eigenvalue weighted by Gasteiger charge is -2.33. The maximum atomic E-state index is 12.7. The van der Waals surface area contributed by atoms with Crippen molar-refractivity contribution in [1.82, 2.24) is 15.5 Å². The van der Waals surface area contributed by atoms with E-state index in [2.05, 4.69) is 10.6 Å². The first-order valence-corrected chi connectivity index (χ1v) is 9.55. The highest BCUT2D eigenvalue weighted by atomic mass is 35.5. The zero-order valence-corrected chi connectivity index (χ0v) is 16.1. The molecule has 0 radical (unpaired) electrons. The number of rotatable bonds is 6. The van der Waals surface area contributed by atoms with Crippen LogP contribution in [0.4, 0.5) is 0 Å². The molecule has 1 saturated carbocycles. The van der Waals surface area contributed by atoms with Crippen LogP contribution in [-0.2, 0) is 16.1 Å². The van der Waals surface area contributed by atoms with Crippen molar-refractivity contribution in [3.63, 3.8) is 0 Å². The Hall–Kier alpha value is -1.59. The van der Waals surface area contributed by atoms with E-state index in [1.807, 2.05) is 35.2 Å². The molecule has 1 atom stereocenters. The van der Waals surface area contributed by atoms with Crippen molar-refractivity contribution in [2.24, 2.45) is 5.92 Å². The number of carbonyl (C=O) groups excluding carboxylic acids is 2. The Kier molecular flexibility index (Phi) is 8.39. The summed E-state index contributed by atoms with van der Waals surface area (Å²) >= 11 is 0. The van der Waals surface area contributed by atoms with E-state index in [1.165, 1.54) is 32.1 Å². The second kappa shape index (κ2) is 10.5. The van der Waals surface area contributed by atoms with Crippen LogP contribution in [-0.4, -0.2) is 42.4 Å².